The molecule has 1 aliphatic rings. The Hall–Kier alpha value is -2.62. The van der Waals surface area contributed by atoms with E-state index in [4.69, 9.17) is 0 Å². The van der Waals surface area contributed by atoms with Crippen LogP contribution >= 0.6 is 0 Å². The Morgan fingerprint density at radius 1 is 0.857 bits per heavy atom. The van der Waals surface area contributed by atoms with E-state index in [1.807, 2.05) is 60.7 Å². The number of benzene rings is 2. The lowest BCUT2D eigenvalue weighted by molar-refractivity contribution is -0.124. The zero-order chi connectivity index (χ0) is 14.7. The zero-order valence-electron chi connectivity index (χ0n) is 11.5. The van der Waals surface area contributed by atoms with Crippen LogP contribution in [0, 0.1) is 0 Å². The number of aryl methyl sites for hydroxylation is 1. The van der Waals surface area contributed by atoms with Crippen molar-refractivity contribution in [3.63, 3.8) is 0 Å². The standard InChI is InChI=1S/C17H16N2O2/c20-15-17(19-16(21)18-15,14-9-5-2-6-10-14)12-11-13-7-3-1-4-8-13/h1-10H,11-12H2,(H2,18,19,20,21)/t17-/m0/s1. The first-order valence-corrected chi connectivity index (χ1v) is 6.94. The molecule has 0 aliphatic carbocycles. The number of nitrogens with one attached hydrogen (secondary N) is 2. The molecule has 1 aliphatic heterocycles. The molecule has 1 atom stereocenters. The van der Waals surface area contributed by atoms with Gasteiger partial charge < -0.3 is 5.32 Å². The number of carbonyl (C=O) groups is 2. The molecule has 0 spiro atoms. The van der Waals surface area contributed by atoms with E-state index in [0.29, 0.717) is 12.8 Å². The molecular weight excluding hydrogens is 264 g/mol. The van der Waals surface area contributed by atoms with Gasteiger partial charge >= 0.3 is 6.03 Å². The van der Waals surface area contributed by atoms with Gasteiger partial charge in [-0.15, -0.1) is 0 Å². The van der Waals surface area contributed by atoms with E-state index in [1.165, 1.54) is 0 Å². The Bertz CT molecular complexity index is 655. The van der Waals surface area contributed by atoms with Gasteiger partial charge in [-0.05, 0) is 24.0 Å². The van der Waals surface area contributed by atoms with Gasteiger partial charge in [0.25, 0.3) is 5.91 Å². The summed E-state index contributed by atoms with van der Waals surface area (Å²) in [6.07, 6.45) is 1.24. The minimum Gasteiger partial charge on any atom is -0.319 e. The van der Waals surface area contributed by atoms with Gasteiger partial charge in [-0.1, -0.05) is 60.7 Å². The van der Waals surface area contributed by atoms with Crippen LogP contribution in [0.25, 0.3) is 0 Å². The fraction of sp³-hybridized carbons (Fsp3) is 0.176. The highest BCUT2D eigenvalue weighted by Crippen LogP contribution is 2.30. The third-order valence-corrected chi connectivity index (χ3v) is 3.84. The molecule has 3 amide bonds. The van der Waals surface area contributed by atoms with E-state index in [9.17, 15) is 9.59 Å². The minimum absolute atomic E-state index is 0.283. The predicted molar refractivity (Wildman–Crippen MR) is 79.6 cm³/mol. The molecule has 2 N–H and O–H groups in total. The van der Waals surface area contributed by atoms with Crippen LogP contribution in [0.15, 0.2) is 60.7 Å². The Kier molecular flexibility index (Phi) is 3.44. The van der Waals surface area contributed by atoms with Crippen molar-refractivity contribution in [2.24, 2.45) is 0 Å². The van der Waals surface area contributed by atoms with Crippen LogP contribution in [0.1, 0.15) is 17.5 Å². The Morgan fingerprint density at radius 2 is 1.48 bits per heavy atom. The molecule has 0 radical (unpaired) electrons. The lowest BCUT2D eigenvalue weighted by Crippen LogP contribution is -2.44. The van der Waals surface area contributed by atoms with Gasteiger partial charge in [0.1, 0.15) is 5.54 Å². The summed E-state index contributed by atoms with van der Waals surface area (Å²) >= 11 is 0. The van der Waals surface area contributed by atoms with E-state index in [0.717, 1.165) is 11.1 Å². The van der Waals surface area contributed by atoms with Gasteiger partial charge in [-0.25, -0.2) is 4.79 Å². The molecule has 2 aromatic rings. The monoisotopic (exact) mass is 280 g/mol. The van der Waals surface area contributed by atoms with Crippen LogP contribution in [0.2, 0.25) is 0 Å². The number of rotatable bonds is 4. The SMILES string of the molecule is O=C1NC(=O)[C@](CCc2ccccc2)(c2ccccc2)N1. The molecule has 21 heavy (non-hydrogen) atoms. The van der Waals surface area contributed by atoms with Crippen LogP contribution in [0.4, 0.5) is 4.79 Å². The average Bonchev–Trinajstić information content (AvgIpc) is 2.82. The van der Waals surface area contributed by atoms with Crippen molar-refractivity contribution in [1.29, 1.82) is 0 Å². The highest BCUT2D eigenvalue weighted by molar-refractivity contribution is 6.07. The second-order valence-electron chi connectivity index (χ2n) is 5.17. The summed E-state index contributed by atoms with van der Waals surface area (Å²) in [6.45, 7) is 0. The van der Waals surface area contributed by atoms with Crippen molar-refractivity contribution in [1.82, 2.24) is 10.6 Å². The smallest absolute Gasteiger partial charge is 0.319 e. The largest absolute Gasteiger partial charge is 0.322 e. The van der Waals surface area contributed by atoms with Gasteiger partial charge in [0.2, 0.25) is 0 Å². The first kappa shape index (κ1) is 13.4. The number of carbonyl (C=O) groups excluding carboxylic acids is 2. The number of imide groups is 1. The average molecular weight is 280 g/mol. The fourth-order valence-electron chi connectivity index (χ4n) is 2.71. The quantitative estimate of drug-likeness (QED) is 0.845. The van der Waals surface area contributed by atoms with E-state index in [1.54, 1.807) is 0 Å². The molecular formula is C17H16N2O2. The Balaban J connectivity index is 1.91. The van der Waals surface area contributed by atoms with Crippen molar-refractivity contribution in [3.05, 3.63) is 71.8 Å². The van der Waals surface area contributed by atoms with Gasteiger partial charge in [-0.2, -0.15) is 0 Å². The van der Waals surface area contributed by atoms with Crippen LogP contribution in [-0.4, -0.2) is 11.9 Å². The van der Waals surface area contributed by atoms with Gasteiger partial charge in [0.15, 0.2) is 0 Å². The summed E-state index contributed by atoms with van der Waals surface area (Å²) < 4.78 is 0. The van der Waals surface area contributed by atoms with E-state index >= 15 is 0 Å². The van der Waals surface area contributed by atoms with Crippen molar-refractivity contribution in [3.8, 4) is 0 Å². The molecule has 1 fully saturated rings. The Labute approximate surface area is 123 Å². The molecule has 0 unspecified atom stereocenters. The summed E-state index contributed by atoms with van der Waals surface area (Å²) in [5.74, 6) is -0.283. The lowest BCUT2D eigenvalue weighted by atomic mass is 9.84. The Morgan fingerprint density at radius 3 is 2.05 bits per heavy atom. The topological polar surface area (TPSA) is 58.2 Å². The summed E-state index contributed by atoms with van der Waals surface area (Å²) in [6, 6.07) is 18.9. The molecule has 1 saturated heterocycles. The van der Waals surface area contributed by atoms with E-state index < -0.39 is 11.6 Å². The zero-order valence-corrected chi connectivity index (χ0v) is 11.5. The summed E-state index contributed by atoms with van der Waals surface area (Å²) in [7, 11) is 0. The second-order valence-corrected chi connectivity index (χ2v) is 5.17. The highest BCUT2D eigenvalue weighted by atomic mass is 16.2. The summed E-state index contributed by atoms with van der Waals surface area (Å²) in [4.78, 5) is 23.9. The predicted octanol–water partition coefficient (Wildman–Crippen LogP) is 2.35. The number of amides is 3. The van der Waals surface area contributed by atoms with Gasteiger partial charge in [0.05, 0.1) is 0 Å². The third-order valence-electron chi connectivity index (χ3n) is 3.84. The molecule has 4 nitrogen and oxygen atoms in total. The van der Waals surface area contributed by atoms with Crippen molar-refractivity contribution < 1.29 is 9.59 Å². The highest BCUT2D eigenvalue weighted by Gasteiger charge is 2.46. The van der Waals surface area contributed by atoms with Gasteiger partial charge in [-0.3, -0.25) is 10.1 Å². The van der Waals surface area contributed by atoms with Crippen molar-refractivity contribution >= 4 is 11.9 Å². The fourth-order valence-corrected chi connectivity index (χ4v) is 2.71. The maximum absolute atomic E-state index is 12.3. The molecule has 0 bridgehead atoms. The first-order chi connectivity index (χ1) is 10.2. The van der Waals surface area contributed by atoms with Gasteiger partial charge in [0, 0.05) is 0 Å². The summed E-state index contributed by atoms with van der Waals surface area (Å²) in [5, 5.41) is 5.16. The normalized spacial score (nSPS) is 21.0. The molecule has 106 valence electrons. The van der Waals surface area contributed by atoms with E-state index in [-0.39, 0.29) is 5.91 Å². The molecule has 1 heterocycles. The van der Waals surface area contributed by atoms with Crippen LogP contribution < -0.4 is 10.6 Å². The number of urea groups is 1. The van der Waals surface area contributed by atoms with Crippen LogP contribution in [-0.2, 0) is 16.8 Å². The maximum atomic E-state index is 12.3. The van der Waals surface area contributed by atoms with E-state index in [2.05, 4.69) is 10.6 Å². The second kappa shape index (κ2) is 5.40. The van der Waals surface area contributed by atoms with Crippen molar-refractivity contribution in [2.45, 2.75) is 18.4 Å². The van der Waals surface area contributed by atoms with Crippen LogP contribution in [0.3, 0.4) is 0 Å². The third kappa shape index (κ3) is 2.52. The van der Waals surface area contributed by atoms with Crippen LogP contribution in [0.5, 0.6) is 0 Å². The molecule has 4 heteroatoms. The molecule has 3 rings (SSSR count). The van der Waals surface area contributed by atoms with Crippen molar-refractivity contribution in [2.75, 3.05) is 0 Å². The molecule has 2 aromatic carbocycles. The molecule has 0 saturated carbocycles. The lowest BCUT2D eigenvalue weighted by Gasteiger charge is -2.26. The number of hydrogen-bond donors (Lipinski definition) is 2. The maximum Gasteiger partial charge on any atom is 0.322 e. The summed E-state index contributed by atoms with van der Waals surface area (Å²) in [5.41, 5.74) is 0.972. The minimum atomic E-state index is -0.978. The first-order valence-electron chi connectivity index (χ1n) is 6.94. The number of hydrogen-bond acceptors (Lipinski definition) is 2. The molecule has 0 aromatic heterocycles.